The molecule has 86 valence electrons. The Balaban J connectivity index is 2.16. The number of carbonyl (C=O) groups is 1. The molecule has 3 heteroatoms. The second kappa shape index (κ2) is 4.56. The normalized spacial score (nSPS) is 14.6. The van der Waals surface area contributed by atoms with Crippen LogP contribution in [-0.4, -0.2) is 18.5 Å². The zero-order valence-corrected chi connectivity index (χ0v) is 9.84. The van der Waals surface area contributed by atoms with Crippen LogP contribution in [0.5, 0.6) is 0 Å². The maximum absolute atomic E-state index is 11.7. The van der Waals surface area contributed by atoms with E-state index in [0.29, 0.717) is 12.6 Å². The number of hydrogen-bond donors (Lipinski definition) is 2. The number of anilines is 1. The van der Waals surface area contributed by atoms with Crippen LogP contribution < -0.4 is 10.6 Å². The fourth-order valence-electron chi connectivity index (χ4n) is 1.63. The molecular formula is C13H18N2O. The highest BCUT2D eigenvalue weighted by Crippen LogP contribution is 2.27. The molecule has 3 nitrogen and oxygen atoms in total. The second-order valence-electron chi connectivity index (χ2n) is 4.31. The monoisotopic (exact) mass is 218 g/mol. The molecule has 0 unspecified atom stereocenters. The SMILES string of the molecule is CCNC(=O)c1ccc(C)c(NC2CC2)c1. The van der Waals surface area contributed by atoms with Crippen LogP contribution in [0.1, 0.15) is 35.7 Å². The highest BCUT2D eigenvalue weighted by Gasteiger charge is 2.21. The lowest BCUT2D eigenvalue weighted by Gasteiger charge is -2.10. The Kier molecular flexibility index (Phi) is 3.13. The third-order valence-corrected chi connectivity index (χ3v) is 2.77. The van der Waals surface area contributed by atoms with Gasteiger partial charge >= 0.3 is 0 Å². The Morgan fingerprint density at radius 2 is 2.19 bits per heavy atom. The quantitative estimate of drug-likeness (QED) is 0.814. The first-order valence-electron chi connectivity index (χ1n) is 5.86. The van der Waals surface area contributed by atoms with Crippen molar-refractivity contribution in [2.75, 3.05) is 11.9 Å². The molecule has 0 radical (unpaired) electrons. The van der Waals surface area contributed by atoms with Crippen LogP contribution in [0.3, 0.4) is 0 Å². The molecule has 1 aliphatic carbocycles. The van der Waals surface area contributed by atoms with Crippen LogP contribution in [-0.2, 0) is 0 Å². The predicted molar refractivity (Wildman–Crippen MR) is 65.8 cm³/mol. The van der Waals surface area contributed by atoms with Crippen LogP contribution >= 0.6 is 0 Å². The lowest BCUT2D eigenvalue weighted by Crippen LogP contribution is -2.22. The maximum Gasteiger partial charge on any atom is 0.251 e. The molecule has 1 amide bonds. The van der Waals surface area contributed by atoms with Gasteiger partial charge in [-0.25, -0.2) is 0 Å². The Bertz CT molecular complexity index is 397. The predicted octanol–water partition coefficient (Wildman–Crippen LogP) is 2.32. The van der Waals surface area contributed by atoms with Crippen molar-refractivity contribution < 1.29 is 4.79 Å². The topological polar surface area (TPSA) is 41.1 Å². The average molecular weight is 218 g/mol. The van der Waals surface area contributed by atoms with Crippen LogP contribution in [0.4, 0.5) is 5.69 Å². The van der Waals surface area contributed by atoms with Crippen molar-refractivity contribution in [2.45, 2.75) is 32.7 Å². The first-order chi connectivity index (χ1) is 7.70. The van der Waals surface area contributed by atoms with Crippen molar-refractivity contribution in [3.05, 3.63) is 29.3 Å². The van der Waals surface area contributed by atoms with Gasteiger partial charge in [0.2, 0.25) is 0 Å². The average Bonchev–Trinajstić information content (AvgIpc) is 3.05. The van der Waals surface area contributed by atoms with E-state index in [1.165, 1.54) is 18.4 Å². The number of aryl methyl sites for hydroxylation is 1. The summed E-state index contributed by atoms with van der Waals surface area (Å²) in [4.78, 5) is 11.7. The van der Waals surface area contributed by atoms with E-state index in [2.05, 4.69) is 17.6 Å². The molecule has 0 heterocycles. The van der Waals surface area contributed by atoms with Crippen LogP contribution in [0.15, 0.2) is 18.2 Å². The number of carbonyl (C=O) groups excluding carboxylic acids is 1. The number of amides is 1. The van der Waals surface area contributed by atoms with Crippen LogP contribution in [0.2, 0.25) is 0 Å². The number of nitrogens with one attached hydrogen (secondary N) is 2. The van der Waals surface area contributed by atoms with Gasteiger partial charge in [-0.1, -0.05) is 6.07 Å². The van der Waals surface area contributed by atoms with E-state index < -0.39 is 0 Å². The fourth-order valence-corrected chi connectivity index (χ4v) is 1.63. The summed E-state index contributed by atoms with van der Waals surface area (Å²) in [5, 5.41) is 6.25. The molecule has 0 aromatic heterocycles. The summed E-state index contributed by atoms with van der Waals surface area (Å²) < 4.78 is 0. The van der Waals surface area contributed by atoms with Gasteiger partial charge in [0.25, 0.3) is 5.91 Å². The molecule has 2 N–H and O–H groups in total. The van der Waals surface area contributed by atoms with Gasteiger partial charge in [0.1, 0.15) is 0 Å². The standard InChI is InChI=1S/C13H18N2O/c1-3-14-13(16)10-5-4-9(2)12(8-10)15-11-6-7-11/h4-5,8,11,15H,3,6-7H2,1-2H3,(H,14,16). The van der Waals surface area contributed by atoms with E-state index in [0.717, 1.165) is 11.3 Å². The summed E-state index contributed by atoms with van der Waals surface area (Å²) in [6.45, 7) is 4.65. The van der Waals surface area contributed by atoms with Crippen molar-refractivity contribution in [1.82, 2.24) is 5.32 Å². The molecular weight excluding hydrogens is 200 g/mol. The number of benzene rings is 1. The molecule has 0 saturated heterocycles. The third-order valence-electron chi connectivity index (χ3n) is 2.77. The Hall–Kier alpha value is -1.51. The van der Waals surface area contributed by atoms with Gasteiger partial charge in [-0.05, 0) is 44.4 Å². The third kappa shape index (κ3) is 2.54. The van der Waals surface area contributed by atoms with Gasteiger partial charge < -0.3 is 10.6 Å². The molecule has 1 aromatic carbocycles. The van der Waals surface area contributed by atoms with Crippen molar-refractivity contribution in [3.8, 4) is 0 Å². The summed E-state index contributed by atoms with van der Waals surface area (Å²) in [5.74, 6) is 0.00125. The Morgan fingerprint density at radius 3 is 2.81 bits per heavy atom. The smallest absolute Gasteiger partial charge is 0.251 e. The highest BCUT2D eigenvalue weighted by atomic mass is 16.1. The highest BCUT2D eigenvalue weighted by molar-refractivity contribution is 5.95. The van der Waals surface area contributed by atoms with E-state index in [1.54, 1.807) is 0 Å². The molecule has 0 bridgehead atoms. The molecule has 2 rings (SSSR count). The largest absolute Gasteiger partial charge is 0.382 e. The van der Waals surface area contributed by atoms with E-state index >= 15 is 0 Å². The van der Waals surface area contributed by atoms with E-state index in [1.807, 2.05) is 25.1 Å². The zero-order chi connectivity index (χ0) is 11.5. The number of hydrogen-bond acceptors (Lipinski definition) is 2. The summed E-state index contributed by atoms with van der Waals surface area (Å²) in [5.41, 5.74) is 3.02. The second-order valence-corrected chi connectivity index (χ2v) is 4.31. The Labute approximate surface area is 96.2 Å². The summed E-state index contributed by atoms with van der Waals surface area (Å²) in [6, 6.07) is 6.43. The summed E-state index contributed by atoms with van der Waals surface area (Å²) >= 11 is 0. The fraction of sp³-hybridized carbons (Fsp3) is 0.462. The van der Waals surface area contributed by atoms with E-state index in [-0.39, 0.29) is 5.91 Å². The van der Waals surface area contributed by atoms with Crippen molar-refractivity contribution >= 4 is 11.6 Å². The molecule has 16 heavy (non-hydrogen) atoms. The van der Waals surface area contributed by atoms with Crippen molar-refractivity contribution in [2.24, 2.45) is 0 Å². The van der Waals surface area contributed by atoms with Crippen molar-refractivity contribution in [1.29, 1.82) is 0 Å². The lowest BCUT2D eigenvalue weighted by molar-refractivity contribution is 0.0956. The van der Waals surface area contributed by atoms with E-state index in [4.69, 9.17) is 0 Å². The van der Waals surface area contributed by atoms with Gasteiger partial charge in [0.05, 0.1) is 0 Å². The molecule has 1 aliphatic rings. The molecule has 1 fully saturated rings. The molecule has 1 aromatic rings. The minimum absolute atomic E-state index is 0.00125. The number of rotatable bonds is 4. The van der Waals surface area contributed by atoms with Crippen LogP contribution in [0, 0.1) is 6.92 Å². The molecule has 0 atom stereocenters. The minimum Gasteiger partial charge on any atom is -0.382 e. The molecule has 0 aliphatic heterocycles. The van der Waals surface area contributed by atoms with Crippen molar-refractivity contribution in [3.63, 3.8) is 0 Å². The minimum atomic E-state index is 0.00125. The van der Waals surface area contributed by atoms with Gasteiger partial charge in [-0.2, -0.15) is 0 Å². The first kappa shape index (κ1) is 11.0. The summed E-state index contributed by atoms with van der Waals surface area (Å²) in [7, 11) is 0. The van der Waals surface area contributed by atoms with E-state index in [9.17, 15) is 4.79 Å². The lowest BCUT2D eigenvalue weighted by atomic mass is 10.1. The molecule has 1 saturated carbocycles. The zero-order valence-electron chi connectivity index (χ0n) is 9.84. The molecule has 0 spiro atoms. The van der Waals surface area contributed by atoms with Gasteiger partial charge in [0.15, 0.2) is 0 Å². The van der Waals surface area contributed by atoms with Gasteiger partial charge in [0, 0.05) is 23.8 Å². The first-order valence-corrected chi connectivity index (χ1v) is 5.86. The van der Waals surface area contributed by atoms with Crippen LogP contribution in [0.25, 0.3) is 0 Å². The van der Waals surface area contributed by atoms with Gasteiger partial charge in [-0.3, -0.25) is 4.79 Å². The van der Waals surface area contributed by atoms with Gasteiger partial charge in [-0.15, -0.1) is 0 Å². The Morgan fingerprint density at radius 1 is 1.44 bits per heavy atom. The summed E-state index contributed by atoms with van der Waals surface area (Å²) in [6.07, 6.45) is 2.48. The maximum atomic E-state index is 11.7.